The van der Waals surface area contributed by atoms with Crippen molar-refractivity contribution < 1.29 is 14.3 Å². The third-order valence-corrected chi connectivity index (χ3v) is 5.51. The molecule has 146 valence electrons. The van der Waals surface area contributed by atoms with Gasteiger partial charge < -0.3 is 9.47 Å². The van der Waals surface area contributed by atoms with Crippen molar-refractivity contribution in [2.24, 2.45) is 11.8 Å². The molecule has 3 heteroatoms. The molecule has 1 aromatic rings. The van der Waals surface area contributed by atoms with Crippen molar-refractivity contribution in [2.75, 3.05) is 13.2 Å². The first-order chi connectivity index (χ1) is 12.7. The molecule has 1 aliphatic rings. The first-order valence-corrected chi connectivity index (χ1v) is 10.6. The van der Waals surface area contributed by atoms with Crippen LogP contribution in [0.15, 0.2) is 24.3 Å². The molecular formula is C23H36O3. The summed E-state index contributed by atoms with van der Waals surface area (Å²) in [5.74, 6) is 2.47. The normalized spacial score (nSPS) is 19.9. The van der Waals surface area contributed by atoms with Crippen molar-refractivity contribution in [3.05, 3.63) is 29.8 Å². The van der Waals surface area contributed by atoms with Crippen molar-refractivity contribution in [2.45, 2.75) is 78.1 Å². The Labute approximate surface area is 159 Å². The topological polar surface area (TPSA) is 35.5 Å². The first kappa shape index (κ1) is 20.8. The molecule has 3 nitrogen and oxygen atoms in total. The lowest BCUT2D eigenvalue weighted by Crippen LogP contribution is -2.15. The number of esters is 1. The van der Waals surface area contributed by atoms with Crippen molar-refractivity contribution >= 4 is 5.97 Å². The summed E-state index contributed by atoms with van der Waals surface area (Å²) in [5, 5.41) is 0. The quantitative estimate of drug-likeness (QED) is 0.338. The molecular weight excluding hydrogens is 324 g/mol. The van der Waals surface area contributed by atoms with E-state index in [1.807, 2.05) is 12.1 Å². The van der Waals surface area contributed by atoms with Gasteiger partial charge in [0.1, 0.15) is 5.75 Å². The van der Waals surface area contributed by atoms with E-state index in [2.05, 4.69) is 13.8 Å². The third kappa shape index (κ3) is 7.39. The van der Waals surface area contributed by atoms with E-state index in [1.54, 1.807) is 12.1 Å². The van der Waals surface area contributed by atoms with E-state index < -0.39 is 0 Å². The molecule has 2 rings (SSSR count). The maximum Gasteiger partial charge on any atom is 0.338 e. The number of hydrogen-bond acceptors (Lipinski definition) is 3. The lowest BCUT2D eigenvalue weighted by Gasteiger charge is -2.28. The largest absolute Gasteiger partial charge is 0.494 e. The van der Waals surface area contributed by atoms with Crippen LogP contribution in [-0.4, -0.2) is 19.2 Å². The fourth-order valence-corrected chi connectivity index (χ4v) is 3.86. The number of ether oxygens (including phenoxy) is 2. The lowest BCUT2D eigenvalue weighted by molar-refractivity contribution is 0.0499. The number of benzene rings is 1. The average Bonchev–Trinajstić information content (AvgIpc) is 2.67. The fraction of sp³-hybridized carbons (Fsp3) is 0.696. The highest BCUT2D eigenvalue weighted by Crippen LogP contribution is 2.33. The van der Waals surface area contributed by atoms with E-state index in [0.717, 1.165) is 43.5 Å². The molecule has 1 fully saturated rings. The molecule has 0 atom stereocenters. The van der Waals surface area contributed by atoms with Crippen LogP contribution in [0.3, 0.4) is 0 Å². The van der Waals surface area contributed by atoms with Crippen molar-refractivity contribution in [3.8, 4) is 5.75 Å². The Morgan fingerprint density at radius 3 is 2.15 bits per heavy atom. The summed E-state index contributed by atoms with van der Waals surface area (Å²) in [5.41, 5.74) is 0.595. The van der Waals surface area contributed by atoms with Gasteiger partial charge in [0.05, 0.1) is 18.8 Å². The van der Waals surface area contributed by atoms with Crippen LogP contribution in [-0.2, 0) is 4.74 Å². The molecule has 0 spiro atoms. The minimum atomic E-state index is -0.247. The van der Waals surface area contributed by atoms with Crippen molar-refractivity contribution in [3.63, 3.8) is 0 Å². The minimum absolute atomic E-state index is 0.247. The maximum atomic E-state index is 11.9. The van der Waals surface area contributed by atoms with Crippen LogP contribution in [0.4, 0.5) is 0 Å². The summed E-state index contributed by atoms with van der Waals surface area (Å²) in [6.07, 6.45) is 12.7. The van der Waals surface area contributed by atoms with E-state index in [1.165, 1.54) is 44.9 Å². The SMILES string of the molecule is CCCCOC(=O)c1ccc(OCCC[C@H]2CC[C@H](CCC)CC2)cc1. The van der Waals surface area contributed by atoms with Gasteiger partial charge in [0.25, 0.3) is 0 Å². The Kier molecular flexibility index (Phi) is 9.58. The molecule has 0 amide bonds. The standard InChI is InChI=1S/C23H36O3/c1-3-5-17-26-23(24)21-13-15-22(16-14-21)25-18-6-8-20-11-9-19(7-4-2)10-12-20/h13-16,19-20H,3-12,17-18H2,1-2H3/t19-,20-. The maximum absolute atomic E-state index is 11.9. The van der Waals surface area contributed by atoms with Crippen molar-refractivity contribution in [1.29, 1.82) is 0 Å². The summed E-state index contributed by atoms with van der Waals surface area (Å²) in [6.45, 7) is 5.63. The Hall–Kier alpha value is -1.51. The number of hydrogen-bond donors (Lipinski definition) is 0. The van der Waals surface area contributed by atoms with Crippen LogP contribution >= 0.6 is 0 Å². The lowest BCUT2D eigenvalue weighted by atomic mass is 9.78. The van der Waals surface area contributed by atoms with Crippen molar-refractivity contribution in [1.82, 2.24) is 0 Å². The van der Waals surface area contributed by atoms with Gasteiger partial charge in [-0.25, -0.2) is 4.79 Å². The molecule has 0 saturated heterocycles. The molecule has 0 aromatic heterocycles. The van der Waals surface area contributed by atoms with Gasteiger partial charge >= 0.3 is 5.97 Å². The van der Waals surface area contributed by atoms with Crippen LogP contribution in [0.5, 0.6) is 5.75 Å². The van der Waals surface area contributed by atoms with Gasteiger partial charge in [0, 0.05) is 0 Å². The van der Waals surface area contributed by atoms with Gasteiger partial charge in [-0.3, -0.25) is 0 Å². The Balaban J connectivity index is 1.60. The van der Waals surface area contributed by atoms with Crippen LogP contribution in [0.2, 0.25) is 0 Å². The number of rotatable bonds is 11. The highest BCUT2D eigenvalue weighted by Gasteiger charge is 2.20. The van der Waals surface area contributed by atoms with E-state index >= 15 is 0 Å². The van der Waals surface area contributed by atoms with Gasteiger partial charge in [0.15, 0.2) is 0 Å². The number of carbonyl (C=O) groups is 1. The highest BCUT2D eigenvalue weighted by atomic mass is 16.5. The van der Waals surface area contributed by atoms with Crippen LogP contribution in [0.25, 0.3) is 0 Å². The van der Waals surface area contributed by atoms with Crippen LogP contribution in [0.1, 0.15) is 88.4 Å². The van der Waals surface area contributed by atoms with Gasteiger partial charge in [-0.2, -0.15) is 0 Å². The molecule has 1 aromatic carbocycles. The zero-order chi connectivity index (χ0) is 18.6. The Morgan fingerprint density at radius 2 is 1.54 bits per heavy atom. The molecule has 0 bridgehead atoms. The van der Waals surface area contributed by atoms with E-state index in [4.69, 9.17) is 9.47 Å². The molecule has 0 aliphatic heterocycles. The fourth-order valence-electron chi connectivity index (χ4n) is 3.86. The van der Waals surface area contributed by atoms with E-state index in [9.17, 15) is 4.79 Å². The molecule has 0 unspecified atom stereocenters. The summed E-state index contributed by atoms with van der Waals surface area (Å²) >= 11 is 0. The van der Waals surface area contributed by atoms with Gasteiger partial charge in [-0.1, -0.05) is 58.8 Å². The van der Waals surface area contributed by atoms with Crippen LogP contribution in [0, 0.1) is 11.8 Å². The third-order valence-electron chi connectivity index (χ3n) is 5.51. The van der Waals surface area contributed by atoms with Crippen LogP contribution < -0.4 is 4.74 Å². The zero-order valence-corrected chi connectivity index (χ0v) is 16.7. The summed E-state index contributed by atoms with van der Waals surface area (Å²) in [4.78, 5) is 11.9. The molecule has 1 aliphatic carbocycles. The Morgan fingerprint density at radius 1 is 0.885 bits per heavy atom. The second-order valence-electron chi connectivity index (χ2n) is 7.68. The minimum Gasteiger partial charge on any atom is -0.494 e. The highest BCUT2D eigenvalue weighted by molar-refractivity contribution is 5.89. The second kappa shape index (κ2) is 12.0. The average molecular weight is 361 g/mol. The summed E-state index contributed by atoms with van der Waals surface area (Å²) in [6, 6.07) is 7.32. The second-order valence-corrected chi connectivity index (χ2v) is 7.68. The van der Waals surface area contributed by atoms with Gasteiger partial charge in [-0.15, -0.1) is 0 Å². The predicted octanol–water partition coefficient (Wildman–Crippen LogP) is 6.41. The summed E-state index contributed by atoms with van der Waals surface area (Å²) < 4.78 is 11.1. The summed E-state index contributed by atoms with van der Waals surface area (Å²) in [7, 11) is 0. The van der Waals surface area contributed by atoms with E-state index in [0.29, 0.717) is 12.2 Å². The predicted molar refractivity (Wildman–Crippen MR) is 107 cm³/mol. The molecule has 0 radical (unpaired) electrons. The molecule has 1 saturated carbocycles. The molecule has 26 heavy (non-hydrogen) atoms. The van der Waals surface area contributed by atoms with E-state index in [-0.39, 0.29) is 5.97 Å². The monoisotopic (exact) mass is 360 g/mol. The Bertz CT molecular complexity index is 501. The first-order valence-electron chi connectivity index (χ1n) is 10.6. The van der Waals surface area contributed by atoms with Gasteiger partial charge in [0.2, 0.25) is 0 Å². The molecule has 0 N–H and O–H groups in total. The molecule has 0 heterocycles. The zero-order valence-electron chi connectivity index (χ0n) is 16.7. The van der Waals surface area contributed by atoms with Gasteiger partial charge in [-0.05, 0) is 55.4 Å². The number of unbranched alkanes of at least 4 members (excludes halogenated alkanes) is 1. The smallest absolute Gasteiger partial charge is 0.338 e. The number of carbonyl (C=O) groups excluding carboxylic acids is 1.